The Balaban J connectivity index is 1.34. The van der Waals surface area contributed by atoms with Gasteiger partial charge in [-0.1, -0.05) is 41.9 Å². The fourth-order valence-electron chi connectivity index (χ4n) is 3.82. The maximum atomic E-state index is 12.4. The largest absolute Gasteiger partial charge is 0.495 e. The Bertz CT molecular complexity index is 985. The van der Waals surface area contributed by atoms with Gasteiger partial charge >= 0.3 is 0 Å². The van der Waals surface area contributed by atoms with Crippen molar-refractivity contribution in [2.24, 2.45) is 4.99 Å². The van der Waals surface area contributed by atoms with Crippen molar-refractivity contribution in [3.05, 3.63) is 59.1 Å². The van der Waals surface area contributed by atoms with Gasteiger partial charge in [-0.05, 0) is 18.2 Å². The molecule has 1 fully saturated rings. The van der Waals surface area contributed by atoms with E-state index in [-0.39, 0.29) is 18.4 Å². The van der Waals surface area contributed by atoms with Crippen molar-refractivity contribution in [1.82, 2.24) is 10.2 Å². The number of piperidine rings is 1. The highest BCUT2D eigenvalue weighted by Gasteiger charge is 2.42. The number of carbonyl (C=O) groups excluding carboxylic acids is 2. The van der Waals surface area contributed by atoms with Crippen molar-refractivity contribution in [3.63, 3.8) is 0 Å². The van der Waals surface area contributed by atoms with Gasteiger partial charge in [-0.25, -0.2) is 0 Å². The van der Waals surface area contributed by atoms with E-state index in [9.17, 15) is 9.59 Å². The van der Waals surface area contributed by atoms with Gasteiger partial charge in [-0.2, -0.15) is 0 Å². The van der Waals surface area contributed by atoms with E-state index in [1.54, 1.807) is 25.3 Å². The third kappa shape index (κ3) is 4.32. The molecule has 156 valence electrons. The van der Waals surface area contributed by atoms with Crippen molar-refractivity contribution in [3.8, 4) is 5.75 Å². The Morgan fingerprint density at radius 1 is 1.23 bits per heavy atom. The molecule has 4 rings (SSSR count). The molecule has 30 heavy (non-hydrogen) atoms. The van der Waals surface area contributed by atoms with Crippen LogP contribution in [0, 0.1) is 0 Å². The van der Waals surface area contributed by atoms with Crippen LogP contribution >= 0.6 is 11.6 Å². The molecule has 7 nitrogen and oxygen atoms in total. The van der Waals surface area contributed by atoms with E-state index in [0.29, 0.717) is 48.1 Å². The zero-order valence-corrected chi connectivity index (χ0v) is 17.4. The van der Waals surface area contributed by atoms with Crippen LogP contribution in [-0.2, 0) is 9.59 Å². The van der Waals surface area contributed by atoms with Gasteiger partial charge in [0.2, 0.25) is 5.91 Å². The first-order valence-electron chi connectivity index (χ1n) is 9.81. The lowest BCUT2D eigenvalue weighted by Crippen LogP contribution is -2.52. The third-order valence-electron chi connectivity index (χ3n) is 5.42. The fourth-order valence-corrected chi connectivity index (χ4v) is 4.08. The molecule has 0 aromatic heterocycles. The lowest BCUT2D eigenvalue weighted by Gasteiger charge is -2.36. The number of hydrogen-bond acceptors (Lipinski definition) is 5. The van der Waals surface area contributed by atoms with Crippen LogP contribution in [0.4, 0.5) is 5.69 Å². The van der Waals surface area contributed by atoms with E-state index in [2.05, 4.69) is 15.5 Å². The smallest absolute Gasteiger partial charge is 0.272 e. The highest BCUT2D eigenvalue weighted by molar-refractivity contribution is 6.46. The summed E-state index contributed by atoms with van der Waals surface area (Å²) < 4.78 is 5.12. The molecule has 8 heteroatoms. The van der Waals surface area contributed by atoms with Crippen molar-refractivity contribution >= 4 is 34.8 Å². The lowest BCUT2D eigenvalue weighted by molar-refractivity contribution is -0.119. The normalized spacial score (nSPS) is 18.1. The molecular formula is C22H23ClN4O3. The Kier molecular flexibility index (Phi) is 5.74. The zero-order valence-electron chi connectivity index (χ0n) is 16.7. The number of nitrogens with zero attached hydrogens (tertiary/aromatic N) is 2. The first-order valence-corrected chi connectivity index (χ1v) is 10.2. The molecule has 0 unspecified atom stereocenters. The van der Waals surface area contributed by atoms with E-state index < -0.39 is 5.66 Å². The van der Waals surface area contributed by atoms with Crippen LogP contribution in [-0.4, -0.2) is 54.8 Å². The average Bonchev–Trinajstić information content (AvgIpc) is 3.06. The van der Waals surface area contributed by atoms with Crippen LogP contribution in [0.2, 0.25) is 5.02 Å². The van der Waals surface area contributed by atoms with Crippen LogP contribution < -0.4 is 15.4 Å². The number of aliphatic imine (C=N–C) groups is 1. The molecular weight excluding hydrogens is 404 g/mol. The summed E-state index contributed by atoms with van der Waals surface area (Å²) in [5.41, 5.74) is 1.36. The first kappa shape index (κ1) is 20.4. The van der Waals surface area contributed by atoms with E-state index in [1.165, 1.54) is 0 Å². The molecule has 2 aromatic rings. The number of nitrogens with one attached hydrogen (secondary N) is 2. The molecule has 2 aromatic carbocycles. The molecule has 0 bridgehead atoms. The van der Waals surface area contributed by atoms with E-state index in [1.807, 2.05) is 30.3 Å². The van der Waals surface area contributed by atoms with E-state index in [4.69, 9.17) is 21.3 Å². The molecule has 1 saturated heterocycles. The summed E-state index contributed by atoms with van der Waals surface area (Å²) in [5, 5.41) is 6.36. The van der Waals surface area contributed by atoms with Gasteiger partial charge in [-0.3, -0.25) is 19.5 Å². The van der Waals surface area contributed by atoms with Gasteiger partial charge in [0.15, 0.2) is 0 Å². The molecule has 0 radical (unpaired) electrons. The molecule has 2 N–H and O–H groups in total. The zero-order chi connectivity index (χ0) is 21.1. The molecule has 2 aliphatic heterocycles. The maximum Gasteiger partial charge on any atom is 0.272 e. The number of anilines is 1. The predicted molar refractivity (Wildman–Crippen MR) is 116 cm³/mol. The number of likely N-dealkylation sites (tertiary alicyclic amines) is 1. The third-order valence-corrected chi connectivity index (χ3v) is 5.72. The van der Waals surface area contributed by atoms with E-state index in [0.717, 1.165) is 5.56 Å². The minimum atomic E-state index is -0.571. The highest BCUT2D eigenvalue weighted by Crippen LogP contribution is 2.29. The van der Waals surface area contributed by atoms with Gasteiger partial charge < -0.3 is 15.4 Å². The number of rotatable bonds is 5. The van der Waals surface area contributed by atoms with Gasteiger partial charge in [0.25, 0.3) is 5.91 Å². The summed E-state index contributed by atoms with van der Waals surface area (Å²) in [4.78, 5) is 31.7. The quantitative estimate of drug-likeness (QED) is 0.770. The minimum Gasteiger partial charge on any atom is -0.495 e. The number of halogens is 1. The minimum absolute atomic E-state index is 0.115. The van der Waals surface area contributed by atoms with Crippen molar-refractivity contribution < 1.29 is 14.3 Å². The number of methoxy groups -OCH3 is 1. The van der Waals surface area contributed by atoms with Gasteiger partial charge in [-0.15, -0.1) is 0 Å². The summed E-state index contributed by atoms with van der Waals surface area (Å²) in [6.07, 6.45) is 1.33. The summed E-state index contributed by atoms with van der Waals surface area (Å²) in [5.74, 6) is 0.310. The standard InChI is InChI=1S/C22H23ClN4O3/c1-30-18-8-7-16(13-17(18)23)24-19(28)14-27-11-9-22(10-12-27)25-20(21(29)26-22)15-5-3-2-4-6-15/h2-8,13H,9-12,14H2,1H3,(H,24,28)(H,26,29). The lowest BCUT2D eigenvalue weighted by atomic mass is 9.98. The molecule has 2 aliphatic rings. The number of ether oxygens (including phenoxy) is 1. The number of benzene rings is 2. The van der Waals surface area contributed by atoms with Crippen LogP contribution in [0.1, 0.15) is 18.4 Å². The van der Waals surface area contributed by atoms with Crippen LogP contribution in [0.5, 0.6) is 5.75 Å². The molecule has 2 amide bonds. The van der Waals surface area contributed by atoms with Crippen molar-refractivity contribution in [1.29, 1.82) is 0 Å². The first-order chi connectivity index (χ1) is 14.5. The second-order valence-corrected chi connectivity index (χ2v) is 7.89. The summed E-state index contributed by atoms with van der Waals surface area (Å²) >= 11 is 6.11. The second kappa shape index (κ2) is 8.45. The highest BCUT2D eigenvalue weighted by atomic mass is 35.5. The number of hydrogen-bond donors (Lipinski definition) is 2. The average molecular weight is 427 g/mol. The Hall–Kier alpha value is -2.90. The van der Waals surface area contributed by atoms with Gasteiger partial charge in [0.1, 0.15) is 17.1 Å². The second-order valence-electron chi connectivity index (χ2n) is 7.49. The Morgan fingerprint density at radius 3 is 2.63 bits per heavy atom. The van der Waals surface area contributed by atoms with Crippen molar-refractivity contribution in [2.75, 3.05) is 32.1 Å². The Labute approximate surface area is 180 Å². The molecule has 0 aliphatic carbocycles. The van der Waals surface area contributed by atoms with Crippen LogP contribution in [0.25, 0.3) is 0 Å². The Morgan fingerprint density at radius 2 is 1.97 bits per heavy atom. The molecule has 0 saturated carbocycles. The van der Waals surface area contributed by atoms with Crippen molar-refractivity contribution in [2.45, 2.75) is 18.5 Å². The summed E-state index contributed by atoms with van der Waals surface area (Å²) in [6, 6.07) is 14.6. The predicted octanol–water partition coefficient (Wildman–Crippen LogP) is 2.70. The molecule has 0 atom stereocenters. The number of amides is 2. The summed E-state index contributed by atoms with van der Waals surface area (Å²) in [7, 11) is 1.54. The molecule has 2 heterocycles. The van der Waals surface area contributed by atoms with Gasteiger partial charge in [0.05, 0.1) is 18.7 Å². The van der Waals surface area contributed by atoms with Crippen LogP contribution in [0.15, 0.2) is 53.5 Å². The SMILES string of the molecule is COc1ccc(NC(=O)CN2CCC3(CC2)N=C(c2ccccc2)C(=O)N3)cc1Cl. The van der Waals surface area contributed by atoms with Crippen LogP contribution in [0.3, 0.4) is 0 Å². The maximum absolute atomic E-state index is 12.4. The van der Waals surface area contributed by atoms with Gasteiger partial charge in [0, 0.05) is 37.2 Å². The monoisotopic (exact) mass is 426 g/mol. The fraction of sp³-hybridized carbons (Fsp3) is 0.318. The molecule has 1 spiro atoms. The summed E-state index contributed by atoms with van der Waals surface area (Å²) in [6.45, 7) is 1.61. The topological polar surface area (TPSA) is 83.0 Å². The number of carbonyl (C=O) groups is 2. The van der Waals surface area contributed by atoms with E-state index >= 15 is 0 Å².